The predicted octanol–water partition coefficient (Wildman–Crippen LogP) is 2.07. The molecule has 0 fully saturated rings. The van der Waals surface area contributed by atoms with Crippen molar-refractivity contribution in [1.29, 1.82) is 0 Å². The molecule has 1 unspecified atom stereocenters. The van der Waals surface area contributed by atoms with E-state index in [4.69, 9.17) is 9.84 Å². The lowest BCUT2D eigenvalue weighted by Crippen LogP contribution is -2.33. The molecule has 0 saturated carbocycles. The number of hydrogen-bond donors (Lipinski definition) is 3. The topological polar surface area (TPSA) is 87.7 Å². The van der Waals surface area contributed by atoms with E-state index >= 15 is 0 Å². The molecule has 3 N–H and O–H groups in total. The number of carbonyl (C=O) groups is 2. The highest BCUT2D eigenvalue weighted by Gasteiger charge is 2.13. The first-order valence-electron chi connectivity index (χ1n) is 5.98. The summed E-state index contributed by atoms with van der Waals surface area (Å²) in [4.78, 5) is 21.7. The van der Waals surface area contributed by atoms with Crippen molar-refractivity contribution in [2.45, 2.75) is 25.8 Å². The van der Waals surface area contributed by atoms with Crippen LogP contribution >= 0.6 is 0 Å². The Morgan fingerprint density at radius 3 is 2.42 bits per heavy atom. The molecule has 6 heteroatoms. The smallest absolute Gasteiger partial charge is 0.411 e. The van der Waals surface area contributed by atoms with Crippen LogP contribution in [-0.4, -0.2) is 30.3 Å². The maximum Gasteiger partial charge on any atom is 0.411 e. The third-order valence-corrected chi connectivity index (χ3v) is 2.63. The zero-order valence-corrected chi connectivity index (χ0v) is 11.0. The highest BCUT2D eigenvalue weighted by molar-refractivity contribution is 5.91. The van der Waals surface area contributed by atoms with Gasteiger partial charge in [0.05, 0.1) is 7.11 Å². The van der Waals surface area contributed by atoms with Crippen molar-refractivity contribution in [2.24, 2.45) is 0 Å². The van der Waals surface area contributed by atoms with Gasteiger partial charge in [0, 0.05) is 18.2 Å². The fraction of sp³-hybridized carbons (Fsp3) is 0.385. The SMILES string of the molecule is CCC(CC(=O)NC(=O)O)Nc1ccc(OC)cc1. The van der Waals surface area contributed by atoms with Crippen molar-refractivity contribution >= 4 is 17.7 Å². The van der Waals surface area contributed by atoms with Gasteiger partial charge in [0.15, 0.2) is 0 Å². The molecule has 1 atom stereocenters. The first kappa shape index (κ1) is 14.8. The predicted molar refractivity (Wildman–Crippen MR) is 71.5 cm³/mol. The Morgan fingerprint density at radius 1 is 1.32 bits per heavy atom. The summed E-state index contributed by atoms with van der Waals surface area (Å²) in [5.74, 6) is 0.239. The summed E-state index contributed by atoms with van der Waals surface area (Å²) in [6.45, 7) is 1.93. The number of imide groups is 1. The maximum absolute atomic E-state index is 11.4. The molecule has 0 aliphatic heterocycles. The highest BCUT2D eigenvalue weighted by Crippen LogP contribution is 2.17. The monoisotopic (exact) mass is 266 g/mol. The summed E-state index contributed by atoms with van der Waals surface area (Å²) in [5, 5.41) is 13.5. The fourth-order valence-electron chi connectivity index (χ4n) is 1.61. The van der Waals surface area contributed by atoms with E-state index in [1.54, 1.807) is 7.11 Å². The van der Waals surface area contributed by atoms with Crippen LogP contribution in [0.3, 0.4) is 0 Å². The number of rotatable bonds is 6. The van der Waals surface area contributed by atoms with E-state index in [0.717, 1.165) is 11.4 Å². The second kappa shape index (κ2) is 7.25. The van der Waals surface area contributed by atoms with Gasteiger partial charge in [0.2, 0.25) is 5.91 Å². The number of carboxylic acid groups (broad SMARTS) is 1. The lowest BCUT2D eigenvalue weighted by Gasteiger charge is -2.17. The summed E-state index contributed by atoms with van der Waals surface area (Å²) in [6, 6.07) is 7.19. The second-order valence-corrected chi connectivity index (χ2v) is 4.04. The van der Waals surface area contributed by atoms with E-state index in [0.29, 0.717) is 6.42 Å². The highest BCUT2D eigenvalue weighted by atomic mass is 16.5. The van der Waals surface area contributed by atoms with Gasteiger partial charge < -0.3 is 15.2 Å². The van der Waals surface area contributed by atoms with Crippen molar-refractivity contribution < 1.29 is 19.4 Å². The van der Waals surface area contributed by atoms with Crippen molar-refractivity contribution in [3.8, 4) is 5.75 Å². The number of methoxy groups -OCH3 is 1. The molecule has 104 valence electrons. The van der Waals surface area contributed by atoms with E-state index in [-0.39, 0.29) is 12.5 Å². The molecule has 0 heterocycles. The van der Waals surface area contributed by atoms with E-state index in [1.165, 1.54) is 0 Å². The number of ether oxygens (including phenoxy) is 1. The van der Waals surface area contributed by atoms with Gasteiger partial charge in [0.25, 0.3) is 0 Å². The van der Waals surface area contributed by atoms with Crippen LogP contribution in [-0.2, 0) is 4.79 Å². The van der Waals surface area contributed by atoms with Gasteiger partial charge in [-0.25, -0.2) is 4.79 Å². The molecule has 0 aromatic heterocycles. The number of benzene rings is 1. The number of anilines is 1. The van der Waals surface area contributed by atoms with Crippen molar-refractivity contribution in [2.75, 3.05) is 12.4 Å². The Morgan fingerprint density at radius 2 is 1.95 bits per heavy atom. The molecule has 0 saturated heterocycles. The molecule has 0 spiro atoms. The number of hydrogen-bond acceptors (Lipinski definition) is 4. The van der Waals surface area contributed by atoms with Gasteiger partial charge in [-0.1, -0.05) is 6.92 Å². The van der Waals surface area contributed by atoms with Crippen LogP contribution in [0.4, 0.5) is 10.5 Å². The Kier molecular flexibility index (Phi) is 5.66. The lowest BCUT2D eigenvalue weighted by atomic mass is 10.1. The van der Waals surface area contributed by atoms with Crippen LogP contribution in [0.2, 0.25) is 0 Å². The van der Waals surface area contributed by atoms with Crippen molar-refractivity contribution in [1.82, 2.24) is 5.32 Å². The zero-order chi connectivity index (χ0) is 14.3. The van der Waals surface area contributed by atoms with Crippen molar-refractivity contribution in [3.05, 3.63) is 24.3 Å². The summed E-state index contributed by atoms with van der Waals surface area (Å²) in [7, 11) is 1.59. The van der Waals surface area contributed by atoms with Crippen LogP contribution < -0.4 is 15.4 Å². The molecule has 2 amide bonds. The standard InChI is InChI=1S/C13H18N2O4/c1-3-9(8-12(16)15-13(17)18)14-10-4-6-11(19-2)7-5-10/h4-7,9,14H,3,8H2,1-2H3,(H,15,16)(H,17,18). The molecule has 0 bridgehead atoms. The van der Waals surface area contributed by atoms with Crippen molar-refractivity contribution in [3.63, 3.8) is 0 Å². The third-order valence-electron chi connectivity index (χ3n) is 2.63. The van der Waals surface area contributed by atoms with Gasteiger partial charge in [-0.3, -0.25) is 10.1 Å². The molecular formula is C13H18N2O4. The van der Waals surface area contributed by atoms with Crippen LogP contribution in [0.1, 0.15) is 19.8 Å². The van der Waals surface area contributed by atoms with E-state index < -0.39 is 12.0 Å². The zero-order valence-electron chi connectivity index (χ0n) is 11.0. The van der Waals surface area contributed by atoms with E-state index in [2.05, 4.69) is 5.32 Å². The first-order chi connectivity index (χ1) is 9.05. The largest absolute Gasteiger partial charge is 0.497 e. The molecule has 6 nitrogen and oxygen atoms in total. The minimum Gasteiger partial charge on any atom is -0.497 e. The summed E-state index contributed by atoms with van der Waals surface area (Å²) in [6.07, 6.45) is -0.516. The molecule has 0 radical (unpaired) electrons. The summed E-state index contributed by atoms with van der Waals surface area (Å²) < 4.78 is 5.05. The van der Waals surface area contributed by atoms with Crippen LogP contribution in [0, 0.1) is 0 Å². The Bertz CT molecular complexity index is 431. The van der Waals surface area contributed by atoms with Crippen LogP contribution in [0.15, 0.2) is 24.3 Å². The minimum atomic E-state index is -1.33. The molecule has 1 aromatic carbocycles. The number of carbonyl (C=O) groups excluding carboxylic acids is 1. The van der Waals surface area contributed by atoms with Gasteiger partial charge >= 0.3 is 6.09 Å². The van der Waals surface area contributed by atoms with Crippen LogP contribution in [0.5, 0.6) is 5.75 Å². The first-order valence-corrected chi connectivity index (χ1v) is 5.98. The van der Waals surface area contributed by atoms with Gasteiger partial charge in [-0.15, -0.1) is 0 Å². The normalized spacial score (nSPS) is 11.5. The summed E-state index contributed by atoms with van der Waals surface area (Å²) in [5.41, 5.74) is 0.857. The molecule has 1 rings (SSSR count). The number of amides is 2. The summed E-state index contributed by atoms with van der Waals surface area (Å²) >= 11 is 0. The van der Waals surface area contributed by atoms with E-state index in [1.807, 2.05) is 36.5 Å². The van der Waals surface area contributed by atoms with Gasteiger partial charge in [0.1, 0.15) is 5.75 Å². The molecule has 1 aromatic rings. The average Bonchev–Trinajstić information content (AvgIpc) is 2.37. The average molecular weight is 266 g/mol. The lowest BCUT2D eigenvalue weighted by molar-refractivity contribution is -0.120. The molecular weight excluding hydrogens is 248 g/mol. The number of nitrogens with one attached hydrogen (secondary N) is 2. The van der Waals surface area contributed by atoms with Gasteiger partial charge in [-0.2, -0.15) is 0 Å². The Hall–Kier alpha value is -2.24. The fourth-order valence-corrected chi connectivity index (χ4v) is 1.61. The van der Waals surface area contributed by atoms with Gasteiger partial charge in [-0.05, 0) is 30.7 Å². The second-order valence-electron chi connectivity index (χ2n) is 4.04. The van der Waals surface area contributed by atoms with Crippen LogP contribution in [0.25, 0.3) is 0 Å². The Balaban J connectivity index is 2.55. The molecule has 19 heavy (non-hydrogen) atoms. The Labute approximate surface area is 111 Å². The van der Waals surface area contributed by atoms with E-state index in [9.17, 15) is 9.59 Å². The maximum atomic E-state index is 11.4. The quantitative estimate of drug-likeness (QED) is 0.733. The molecule has 0 aliphatic carbocycles. The molecule has 0 aliphatic rings. The third kappa shape index (κ3) is 5.29. The minimum absolute atomic E-state index is 0.106.